The molecule has 0 radical (unpaired) electrons. The zero-order valence-electron chi connectivity index (χ0n) is 17.2. The highest BCUT2D eigenvalue weighted by Gasteiger charge is 2.17. The van der Waals surface area contributed by atoms with Crippen LogP contribution in [0.5, 0.6) is 0 Å². The molecule has 0 aromatic heterocycles. The van der Waals surface area contributed by atoms with Gasteiger partial charge in [0, 0.05) is 39.1 Å². The van der Waals surface area contributed by atoms with Crippen LogP contribution >= 0.6 is 24.0 Å². The van der Waals surface area contributed by atoms with Gasteiger partial charge in [-0.1, -0.05) is 6.92 Å². The molecule has 1 saturated heterocycles. The van der Waals surface area contributed by atoms with E-state index in [1.807, 2.05) is 18.7 Å². The summed E-state index contributed by atoms with van der Waals surface area (Å²) in [4.78, 5) is 21.1. The molecule has 1 aliphatic heterocycles. The predicted molar refractivity (Wildman–Crippen MR) is 121 cm³/mol. The Morgan fingerprint density at radius 3 is 2.31 bits per heavy atom. The van der Waals surface area contributed by atoms with Crippen LogP contribution in [0.3, 0.4) is 0 Å². The number of hydrogen-bond donors (Lipinski definition) is 2. The lowest BCUT2D eigenvalue weighted by atomic mass is 9.94. The van der Waals surface area contributed by atoms with Crippen LogP contribution in [-0.4, -0.2) is 74.0 Å². The Morgan fingerprint density at radius 2 is 1.77 bits per heavy atom. The Morgan fingerprint density at radius 1 is 1.12 bits per heavy atom. The molecular weight excluding hydrogens is 441 g/mol. The van der Waals surface area contributed by atoms with Gasteiger partial charge in [-0.05, 0) is 65.6 Å². The van der Waals surface area contributed by atoms with Gasteiger partial charge in [0.2, 0.25) is 5.91 Å². The van der Waals surface area contributed by atoms with Crippen LogP contribution in [0.1, 0.15) is 53.4 Å². The average molecular weight is 481 g/mol. The third-order valence-electron chi connectivity index (χ3n) is 5.05. The van der Waals surface area contributed by atoms with E-state index in [2.05, 4.69) is 34.4 Å². The lowest BCUT2D eigenvalue weighted by molar-refractivity contribution is -0.130. The molecule has 1 rings (SSSR count). The predicted octanol–water partition coefficient (Wildman–Crippen LogP) is 2.54. The molecule has 0 saturated carbocycles. The topological polar surface area (TPSA) is 60.0 Å². The molecule has 0 aromatic rings. The molecule has 0 aliphatic carbocycles. The molecule has 7 heteroatoms. The van der Waals surface area contributed by atoms with Gasteiger partial charge in [0.05, 0.1) is 0 Å². The van der Waals surface area contributed by atoms with Crippen LogP contribution in [0.4, 0.5) is 0 Å². The summed E-state index contributed by atoms with van der Waals surface area (Å²) in [6.45, 7) is 15.9. The first-order valence-electron chi connectivity index (χ1n) is 10.2. The molecular formula is C19H40IN5O. The van der Waals surface area contributed by atoms with Gasteiger partial charge in [0.15, 0.2) is 5.96 Å². The highest BCUT2D eigenvalue weighted by molar-refractivity contribution is 14.0. The number of amides is 1. The molecule has 26 heavy (non-hydrogen) atoms. The Balaban J connectivity index is 0.00000625. The van der Waals surface area contributed by atoms with Crippen molar-refractivity contribution < 1.29 is 4.79 Å². The maximum Gasteiger partial charge on any atom is 0.224 e. The smallest absolute Gasteiger partial charge is 0.224 e. The zero-order chi connectivity index (χ0) is 18.5. The van der Waals surface area contributed by atoms with E-state index in [4.69, 9.17) is 0 Å². The van der Waals surface area contributed by atoms with E-state index >= 15 is 0 Å². The van der Waals surface area contributed by atoms with Crippen molar-refractivity contribution in [1.29, 1.82) is 0 Å². The zero-order valence-corrected chi connectivity index (χ0v) is 19.6. The molecule has 0 atom stereocenters. The molecule has 6 nitrogen and oxygen atoms in total. The lowest BCUT2D eigenvalue weighted by Crippen LogP contribution is -2.40. The minimum Gasteiger partial charge on any atom is -0.357 e. The van der Waals surface area contributed by atoms with E-state index in [1.54, 1.807) is 0 Å². The van der Waals surface area contributed by atoms with Crippen LogP contribution in [0.25, 0.3) is 0 Å². The molecule has 1 fully saturated rings. The molecule has 0 unspecified atom stereocenters. The third-order valence-corrected chi connectivity index (χ3v) is 5.05. The summed E-state index contributed by atoms with van der Waals surface area (Å²) in [5.74, 6) is 1.84. The third kappa shape index (κ3) is 9.94. The number of likely N-dealkylation sites (tertiary alicyclic amines) is 1. The fourth-order valence-corrected chi connectivity index (χ4v) is 3.31. The number of hydrogen-bond acceptors (Lipinski definition) is 3. The minimum atomic E-state index is 0. The van der Waals surface area contributed by atoms with Gasteiger partial charge in [-0.2, -0.15) is 0 Å². The second-order valence-electron chi connectivity index (χ2n) is 6.67. The number of nitrogens with zero attached hydrogens (tertiary/aromatic N) is 3. The molecule has 1 amide bonds. The summed E-state index contributed by atoms with van der Waals surface area (Å²) in [6.07, 6.45) is 4.27. The monoisotopic (exact) mass is 481 g/mol. The standard InChI is InChI=1S/C19H39N5O.HI/c1-5-20-19(22-14-10-18(25)24(7-3)8-4)21-13-9-17-11-15-23(6-2)16-12-17;/h17H,5-16H2,1-4H3,(H2,20,21,22);1H. The average Bonchev–Trinajstić information content (AvgIpc) is 2.63. The largest absolute Gasteiger partial charge is 0.357 e. The summed E-state index contributed by atoms with van der Waals surface area (Å²) in [7, 11) is 0. The number of carbonyl (C=O) groups is 1. The first-order valence-corrected chi connectivity index (χ1v) is 10.2. The van der Waals surface area contributed by atoms with Crippen molar-refractivity contribution in [2.75, 3.05) is 52.4 Å². The van der Waals surface area contributed by atoms with Crippen molar-refractivity contribution in [3.63, 3.8) is 0 Å². The fraction of sp³-hybridized carbons (Fsp3) is 0.895. The van der Waals surface area contributed by atoms with Crippen molar-refractivity contribution in [2.24, 2.45) is 10.9 Å². The first-order chi connectivity index (χ1) is 12.1. The number of piperidine rings is 1. The van der Waals surface area contributed by atoms with Gasteiger partial charge in [0.25, 0.3) is 0 Å². The molecule has 0 aromatic carbocycles. The van der Waals surface area contributed by atoms with Crippen molar-refractivity contribution in [3.8, 4) is 0 Å². The first kappa shape index (κ1) is 25.4. The number of nitrogens with one attached hydrogen (secondary N) is 2. The molecule has 0 bridgehead atoms. The summed E-state index contributed by atoms with van der Waals surface area (Å²) >= 11 is 0. The van der Waals surface area contributed by atoms with E-state index in [-0.39, 0.29) is 29.9 Å². The van der Waals surface area contributed by atoms with Crippen LogP contribution in [0, 0.1) is 5.92 Å². The van der Waals surface area contributed by atoms with Crippen LogP contribution in [0.2, 0.25) is 0 Å². The summed E-state index contributed by atoms with van der Waals surface area (Å²) in [6, 6.07) is 0. The number of rotatable bonds is 10. The Hall–Kier alpha value is -0.570. The molecule has 154 valence electrons. The van der Waals surface area contributed by atoms with E-state index in [0.29, 0.717) is 13.0 Å². The Kier molecular flexibility index (Phi) is 15.1. The lowest BCUT2D eigenvalue weighted by Gasteiger charge is -2.30. The van der Waals surface area contributed by atoms with Crippen molar-refractivity contribution in [1.82, 2.24) is 20.4 Å². The molecule has 1 aliphatic rings. The van der Waals surface area contributed by atoms with E-state index < -0.39 is 0 Å². The van der Waals surface area contributed by atoms with E-state index in [1.165, 1.54) is 32.5 Å². The fourth-order valence-electron chi connectivity index (χ4n) is 3.31. The normalized spacial score (nSPS) is 16.1. The maximum atomic E-state index is 12.0. The summed E-state index contributed by atoms with van der Waals surface area (Å²) < 4.78 is 0. The number of aliphatic imine (C=N–C) groups is 1. The summed E-state index contributed by atoms with van der Waals surface area (Å²) in [5, 5.41) is 6.56. The van der Waals surface area contributed by atoms with Gasteiger partial charge in [-0.25, -0.2) is 0 Å². The second-order valence-corrected chi connectivity index (χ2v) is 6.67. The quantitative estimate of drug-likeness (QED) is 0.286. The second kappa shape index (κ2) is 15.5. The summed E-state index contributed by atoms with van der Waals surface area (Å²) in [5.41, 5.74) is 0. The SMILES string of the molecule is CCNC(=NCCC1CCN(CC)CC1)NCCC(=O)N(CC)CC.I. The molecule has 1 heterocycles. The number of halogens is 1. The van der Waals surface area contributed by atoms with Gasteiger partial charge in [-0.3, -0.25) is 9.79 Å². The minimum absolute atomic E-state index is 0. The Labute approximate surface area is 177 Å². The van der Waals surface area contributed by atoms with Crippen LogP contribution in [0.15, 0.2) is 4.99 Å². The van der Waals surface area contributed by atoms with Crippen LogP contribution in [-0.2, 0) is 4.79 Å². The van der Waals surface area contributed by atoms with Crippen LogP contribution < -0.4 is 10.6 Å². The van der Waals surface area contributed by atoms with Crippen molar-refractivity contribution in [2.45, 2.75) is 53.4 Å². The van der Waals surface area contributed by atoms with Crippen molar-refractivity contribution in [3.05, 3.63) is 0 Å². The van der Waals surface area contributed by atoms with E-state index in [9.17, 15) is 4.79 Å². The van der Waals surface area contributed by atoms with E-state index in [0.717, 1.165) is 44.5 Å². The number of carbonyl (C=O) groups excluding carboxylic acids is 1. The highest BCUT2D eigenvalue weighted by atomic mass is 127. The van der Waals surface area contributed by atoms with Gasteiger partial charge in [0.1, 0.15) is 0 Å². The molecule has 2 N–H and O–H groups in total. The Bertz CT molecular complexity index is 393. The van der Waals surface area contributed by atoms with Gasteiger partial charge >= 0.3 is 0 Å². The van der Waals surface area contributed by atoms with Gasteiger partial charge < -0.3 is 20.4 Å². The highest BCUT2D eigenvalue weighted by Crippen LogP contribution is 2.19. The molecule has 0 spiro atoms. The van der Waals surface area contributed by atoms with Gasteiger partial charge in [-0.15, -0.1) is 24.0 Å². The number of guanidine groups is 1. The van der Waals surface area contributed by atoms with Crippen molar-refractivity contribution >= 4 is 35.8 Å². The maximum absolute atomic E-state index is 12.0.